The molecule has 160 valence electrons. The van der Waals surface area contributed by atoms with Gasteiger partial charge in [0.15, 0.2) is 5.96 Å². The molecule has 1 saturated heterocycles. The predicted octanol–water partition coefficient (Wildman–Crippen LogP) is 3.18. The highest BCUT2D eigenvalue weighted by Gasteiger charge is 2.19. The minimum absolute atomic E-state index is 0. The highest BCUT2D eigenvalue weighted by Crippen LogP contribution is 2.19. The molecule has 1 aliphatic rings. The van der Waals surface area contributed by atoms with Crippen LogP contribution in [-0.2, 0) is 11.3 Å². The molecule has 2 N–H and O–H groups in total. The maximum absolute atomic E-state index is 5.61. The number of hydrogen-bond acceptors (Lipinski definition) is 4. The summed E-state index contributed by atoms with van der Waals surface area (Å²) >= 11 is 0. The van der Waals surface area contributed by atoms with Gasteiger partial charge in [0.25, 0.3) is 0 Å². The number of rotatable bonds is 9. The average Bonchev–Trinajstić information content (AvgIpc) is 2.68. The van der Waals surface area contributed by atoms with Gasteiger partial charge < -0.3 is 25.0 Å². The molecule has 6 nitrogen and oxygen atoms in total. The lowest BCUT2D eigenvalue weighted by atomic mass is 10.1. The van der Waals surface area contributed by atoms with Gasteiger partial charge in [-0.05, 0) is 50.3 Å². The third-order valence-electron chi connectivity index (χ3n) is 4.97. The van der Waals surface area contributed by atoms with Crippen molar-refractivity contribution in [2.24, 2.45) is 4.99 Å². The summed E-state index contributed by atoms with van der Waals surface area (Å²) in [6, 6.07) is 6.81. The number of guanidine groups is 1. The summed E-state index contributed by atoms with van der Waals surface area (Å²) in [6.45, 7) is 9.79. The van der Waals surface area contributed by atoms with Crippen molar-refractivity contribution in [3.63, 3.8) is 0 Å². The second kappa shape index (κ2) is 14.0. The fraction of sp³-hybridized carbons (Fsp3) is 0.667. The van der Waals surface area contributed by atoms with Crippen LogP contribution >= 0.6 is 24.0 Å². The molecule has 0 bridgehead atoms. The van der Waals surface area contributed by atoms with Crippen molar-refractivity contribution in [1.82, 2.24) is 15.5 Å². The van der Waals surface area contributed by atoms with Gasteiger partial charge in [0.2, 0.25) is 0 Å². The van der Waals surface area contributed by atoms with Crippen LogP contribution < -0.4 is 15.4 Å². The molecule has 0 spiro atoms. The molecule has 0 aromatic heterocycles. The van der Waals surface area contributed by atoms with Crippen LogP contribution in [0.1, 0.15) is 37.3 Å². The molecule has 0 amide bonds. The van der Waals surface area contributed by atoms with E-state index in [0.717, 1.165) is 63.8 Å². The maximum Gasteiger partial charge on any atom is 0.191 e. The van der Waals surface area contributed by atoms with E-state index in [1.807, 2.05) is 20.0 Å². The highest BCUT2D eigenvalue weighted by atomic mass is 127. The number of methoxy groups -OCH3 is 1. The molecular weight excluding hydrogens is 467 g/mol. The Hall–Kier alpha value is -1.06. The van der Waals surface area contributed by atoms with Crippen molar-refractivity contribution in [2.45, 2.75) is 45.7 Å². The van der Waals surface area contributed by atoms with Crippen molar-refractivity contribution in [1.29, 1.82) is 0 Å². The Morgan fingerprint density at radius 2 is 2.04 bits per heavy atom. The lowest BCUT2D eigenvalue weighted by Gasteiger charge is -2.33. The standard InChI is InChI=1S/C21H36N4O2.HI/c1-5-27-20-8-7-18(15-17(20)2)16-23-21(22-3)24-19-9-12-25(13-10-19)11-6-14-26-4;/h7-8,15,19H,5-6,9-14,16H2,1-4H3,(H2,22,23,24);1H. The molecule has 7 heteroatoms. The van der Waals surface area contributed by atoms with Crippen molar-refractivity contribution in [3.8, 4) is 5.75 Å². The van der Waals surface area contributed by atoms with Gasteiger partial charge in [-0.1, -0.05) is 12.1 Å². The summed E-state index contributed by atoms with van der Waals surface area (Å²) in [5.41, 5.74) is 2.40. The fourth-order valence-electron chi connectivity index (χ4n) is 3.45. The summed E-state index contributed by atoms with van der Waals surface area (Å²) in [6.07, 6.45) is 3.41. The van der Waals surface area contributed by atoms with E-state index in [1.165, 1.54) is 11.1 Å². The van der Waals surface area contributed by atoms with E-state index in [9.17, 15) is 0 Å². The Kier molecular flexibility index (Phi) is 12.5. The first-order valence-electron chi connectivity index (χ1n) is 10.1. The van der Waals surface area contributed by atoms with Gasteiger partial charge in [0, 0.05) is 53.0 Å². The van der Waals surface area contributed by atoms with Crippen LogP contribution in [0.25, 0.3) is 0 Å². The number of hydrogen-bond donors (Lipinski definition) is 2. The van der Waals surface area contributed by atoms with Crippen LogP contribution in [0.3, 0.4) is 0 Å². The van der Waals surface area contributed by atoms with Crippen LogP contribution in [0.4, 0.5) is 0 Å². The second-order valence-corrected chi connectivity index (χ2v) is 7.07. The first kappa shape index (κ1) is 25.0. The normalized spacial score (nSPS) is 15.8. The molecule has 0 aliphatic carbocycles. The van der Waals surface area contributed by atoms with Gasteiger partial charge in [0.1, 0.15) is 5.75 Å². The van der Waals surface area contributed by atoms with Crippen LogP contribution in [0.2, 0.25) is 0 Å². The SMILES string of the molecule is CCOc1ccc(CNC(=NC)NC2CCN(CCCOC)CC2)cc1C.I. The topological polar surface area (TPSA) is 58.1 Å². The smallest absolute Gasteiger partial charge is 0.191 e. The largest absolute Gasteiger partial charge is 0.494 e. The lowest BCUT2D eigenvalue weighted by molar-refractivity contribution is 0.155. The number of benzene rings is 1. The molecule has 1 heterocycles. The van der Waals surface area contributed by atoms with Gasteiger partial charge in [0.05, 0.1) is 6.61 Å². The molecule has 0 saturated carbocycles. The number of nitrogens with zero attached hydrogens (tertiary/aromatic N) is 2. The van der Waals surface area contributed by atoms with Crippen molar-refractivity contribution < 1.29 is 9.47 Å². The zero-order valence-corrected chi connectivity index (χ0v) is 20.1. The molecule has 1 aliphatic heterocycles. The molecule has 1 aromatic rings. The van der Waals surface area contributed by atoms with E-state index in [0.29, 0.717) is 12.6 Å². The van der Waals surface area contributed by atoms with Gasteiger partial charge in [-0.25, -0.2) is 0 Å². The minimum Gasteiger partial charge on any atom is -0.494 e. The Balaban J connectivity index is 0.00000392. The van der Waals surface area contributed by atoms with Gasteiger partial charge in [-0.2, -0.15) is 0 Å². The summed E-state index contributed by atoms with van der Waals surface area (Å²) in [4.78, 5) is 6.91. The van der Waals surface area contributed by atoms with Gasteiger partial charge >= 0.3 is 0 Å². The van der Waals surface area contributed by atoms with Crippen molar-refractivity contribution in [2.75, 3.05) is 47.0 Å². The number of aliphatic imine (C=N–C) groups is 1. The first-order valence-corrected chi connectivity index (χ1v) is 10.1. The van der Waals surface area contributed by atoms with E-state index in [4.69, 9.17) is 9.47 Å². The Morgan fingerprint density at radius 1 is 1.29 bits per heavy atom. The van der Waals surface area contributed by atoms with Crippen LogP contribution in [0, 0.1) is 6.92 Å². The van der Waals surface area contributed by atoms with E-state index in [-0.39, 0.29) is 24.0 Å². The predicted molar refractivity (Wildman–Crippen MR) is 127 cm³/mol. The Labute approximate surface area is 187 Å². The molecule has 0 radical (unpaired) electrons. The van der Waals surface area contributed by atoms with Gasteiger partial charge in [-0.3, -0.25) is 4.99 Å². The minimum atomic E-state index is 0. The number of likely N-dealkylation sites (tertiary alicyclic amines) is 1. The van der Waals surface area contributed by atoms with Crippen LogP contribution in [0.15, 0.2) is 23.2 Å². The maximum atomic E-state index is 5.61. The Morgan fingerprint density at radius 3 is 2.64 bits per heavy atom. The zero-order valence-electron chi connectivity index (χ0n) is 17.8. The molecule has 1 aromatic carbocycles. The molecule has 28 heavy (non-hydrogen) atoms. The number of aryl methyl sites for hydroxylation is 1. The number of piperidine rings is 1. The monoisotopic (exact) mass is 504 g/mol. The zero-order chi connectivity index (χ0) is 19.5. The van der Waals surface area contributed by atoms with E-state index in [1.54, 1.807) is 7.11 Å². The summed E-state index contributed by atoms with van der Waals surface area (Å²) in [5.74, 6) is 1.83. The molecule has 0 unspecified atom stereocenters. The van der Waals surface area contributed by atoms with Crippen molar-refractivity contribution in [3.05, 3.63) is 29.3 Å². The molecular formula is C21H37IN4O2. The molecule has 2 rings (SSSR count). The summed E-state index contributed by atoms with van der Waals surface area (Å²) in [7, 11) is 3.60. The van der Waals surface area contributed by atoms with E-state index >= 15 is 0 Å². The Bertz CT molecular complexity index is 590. The van der Waals surface area contributed by atoms with E-state index < -0.39 is 0 Å². The van der Waals surface area contributed by atoms with E-state index in [2.05, 4.69) is 39.6 Å². The third-order valence-corrected chi connectivity index (χ3v) is 4.97. The van der Waals surface area contributed by atoms with Gasteiger partial charge in [-0.15, -0.1) is 24.0 Å². The molecule has 1 fully saturated rings. The lowest BCUT2D eigenvalue weighted by Crippen LogP contribution is -2.48. The number of halogens is 1. The highest BCUT2D eigenvalue weighted by molar-refractivity contribution is 14.0. The second-order valence-electron chi connectivity index (χ2n) is 7.07. The summed E-state index contributed by atoms with van der Waals surface area (Å²) in [5, 5.41) is 7.01. The van der Waals surface area contributed by atoms with Crippen LogP contribution in [0.5, 0.6) is 5.75 Å². The quantitative estimate of drug-likeness (QED) is 0.234. The van der Waals surface area contributed by atoms with Crippen molar-refractivity contribution >= 4 is 29.9 Å². The molecule has 0 atom stereocenters. The third kappa shape index (κ3) is 8.53. The fourth-order valence-corrected chi connectivity index (χ4v) is 3.45. The summed E-state index contributed by atoms with van der Waals surface area (Å²) < 4.78 is 10.8. The number of ether oxygens (including phenoxy) is 2. The van der Waals surface area contributed by atoms with Crippen LogP contribution in [-0.4, -0.2) is 63.9 Å². The number of nitrogens with one attached hydrogen (secondary N) is 2. The first-order chi connectivity index (χ1) is 13.2. The average molecular weight is 504 g/mol.